The minimum absolute atomic E-state index is 0.0661. The van der Waals surface area contributed by atoms with E-state index in [2.05, 4.69) is 6.92 Å². The summed E-state index contributed by atoms with van der Waals surface area (Å²) in [5, 5.41) is 19.5. The summed E-state index contributed by atoms with van der Waals surface area (Å²) in [4.78, 5) is 41.9. The van der Waals surface area contributed by atoms with Gasteiger partial charge in [0.2, 0.25) is 12.7 Å². The van der Waals surface area contributed by atoms with Gasteiger partial charge in [0.25, 0.3) is 0 Å². The summed E-state index contributed by atoms with van der Waals surface area (Å²) >= 11 is 0. The fourth-order valence-electron chi connectivity index (χ4n) is 5.93. The number of ketones is 1. The lowest BCUT2D eigenvalue weighted by atomic mass is 9.84. The molecule has 0 aliphatic carbocycles. The molecular weight excluding hydrogens is 500 g/mol. The highest BCUT2D eigenvalue weighted by Crippen LogP contribution is 2.43. The van der Waals surface area contributed by atoms with Crippen molar-refractivity contribution >= 4 is 17.7 Å². The first kappa shape index (κ1) is 30.9. The predicted octanol–water partition coefficient (Wildman–Crippen LogP) is 4.07. The Kier molecular flexibility index (Phi) is 12.1. The molecule has 1 amide bonds. The molecule has 9 nitrogen and oxygen atoms in total. The number of rotatable bonds is 17. The molecule has 1 fully saturated rings. The lowest BCUT2D eigenvalue weighted by Gasteiger charge is -2.29. The Hall–Kier alpha value is -2.65. The number of carboxylic acid groups (broad SMARTS) is 1. The van der Waals surface area contributed by atoms with Gasteiger partial charge in [0.15, 0.2) is 11.5 Å². The topological polar surface area (TPSA) is 117 Å². The van der Waals surface area contributed by atoms with E-state index in [-0.39, 0.29) is 49.5 Å². The molecule has 1 saturated heterocycles. The summed E-state index contributed by atoms with van der Waals surface area (Å²) in [5.74, 6) is -0.661. The van der Waals surface area contributed by atoms with Gasteiger partial charge in [-0.05, 0) is 43.4 Å². The first-order valence-corrected chi connectivity index (χ1v) is 14.5. The van der Waals surface area contributed by atoms with Gasteiger partial charge in [0.1, 0.15) is 5.78 Å². The number of nitrogens with zero attached hydrogens (tertiary/aromatic N) is 2. The fourth-order valence-corrected chi connectivity index (χ4v) is 5.93. The van der Waals surface area contributed by atoms with Crippen LogP contribution in [0.2, 0.25) is 0 Å². The Morgan fingerprint density at radius 1 is 1.08 bits per heavy atom. The van der Waals surface area contributed by atoms with Crippen LogP contribution in [-0.2, 0) is 14.4 Å². The van der Waals surface area contributed by atoms with Crippen molar-refractivity contribution in [3.63, 3.8) is 0 Å². The largest absolute Gasteiger partial charge is 0.481 e. The van der Waals surface area contributed by atoms with Gasteiger partial charge in [0, 0.05) is 51.5 Å². The molecule has 39 heavy (non-hydrogen) atoms. The molecule has 218 valence electrons. The number of amides is 1. The van der Waals surface area contributed by atoms with Crippen LogP contribution in [0.15, 0.2) is 18.2 Å². The van der Waals surface area contributed by atoms with Crippen molar-refractivity contribution < 1.29 is 34.1 Å². The number of likely N-dealkylation sites (tertiary alicyclic amines) is 1. The van der Waals surface area contributed by atoms with Crippen LogP contribution in [0.3, 0.4) is 0 Å². The smallest absolute Gasteiger partial charge is 0.308 e. The van der Waals surface area contributed by atoms with E-state index in [1.54, 1.807) is 11.9 Å². The highest BCUT2D eigenvalue weighted by Gasteiger charge is 2.47. The van der Waals surface area contributed by atoms with Gasteiger partial charge >= 0.3 is 5.97 Å². The van der Waals surface area contributed by atoms with Gasteiger partial charge in [0.05, 0.1) is 12.5 Å². The van der Waals surface area contributed by atoms with Crippen LogP contribution in [0.25, 0.3) is 0 Å². The zero-order chi connectivity index (χ0) is 28.4. The fraction of sp³-hybridized carbons (Fsp3) is 0.700. The molecule has 0 bridgehead atoms. The van der Waals surface area contributed by atoms with Crippen molar-refractivity contribution in [2.45, 2.75) is 83.6 Å². The van der Waals surface area contributed by atoms with Gasteiger partial charge in [-0.2, -0.15) is 0 Å². The Bertz CT molecular complexity index is 969. The van der Waals surface area contributed by atoms with E-state index in [1.807, 2.05) is 23.1 Å². The second kappa shape index (κ2) is 15.2. The second-order valence-electron chi connectivity index (χ2n) is 11.0. The summed E-state index contributed by atoms with van der Waals surface area (Å²) < 4.78 is 11.0. The van der Waals surface area contributed by atoms with Gasteiger partial charge in [-0.25, -0.2) is 0 Å². The van der Waals surface area contributed by atoms with Crippen molar-refractivity contribution in [2.24, 2.45) is 11.8 Å². The number of carboxylic acids is 1. The molecule has 2 heterocycles. The number of hydrogen-bond acceptors (Lipinski definition) is 7. The molecule has 2 N–H and O–H groups in total. The van der Waals surface area contributed by atoms with E-state index in [4.69, 9.17) is 14.6 Å². The third-order valence-electron chi connectivity index (χ3n) is 8.34. The average molecular weight is 547 g/mol. The molecule has 2 aliphatic heterocycles. The summed E-state index contributed by atoms with van der Waals surface area (Å²) in [7, 11) is 1.72. The highest BCUT2D eigenvalue weighted by atomic mass is 16.7. The molecule has 9 heteroatoms. The minimum atomic E-state index is -0.897. The second-order valence-corrected chi connectivity index (χ2v) is 11.0. The van der Waals surface area contributed by atoms with Crippen LogP contribution in [0.1, 0.15) is 83.1 Å². The third-order valence-corrected chi connectivity index (χ3v) is 8.34. The number of carbonyl (C=O) groups excluding carboxylic acids is 2. The molecular formula is C30H46N2O7. The Balaban J connectivity index is 1.82. The molecule has 1 aromatic rings. The zero-order valence-corrected chi connectivity index (χ0v) is 23.8. The van der Waals surface area contributed by atoms with Crippen molar-refractivity contribution in [1.82, 2.24) is 9.80 Å². The standard InChI is InChI=1S/C30H46N2O7/c1-4-5-7-10-22(11-8-6-9-16-33)26(35)19-32-18-24(23-12-13-27-28(17-23)39-20-38-27)29(30(36)37)25(32)14-15-31(3)21(2)34/h12-13,17,22,24-25,29,33H,4-11,14-16,18-20H2,1-3H3,(H,36,37)/t22?,24-,25+,29-/m1/s1. The van der Waals surface area contributed by atoms with Crippen LogP contribution < -0.4 is 9.47 Å². The van der Waals surface area contributed by atoms with Crippen LogP contribution >= 0.6 is 0 Å². The van der Waals surface area contributed by atoms with Crippen LogP contribution in [0.4, 0.5) is 0 Å². The number of carbonyl (C=O) groups is 3. The molecule has 1 aromatic carbocycles. The molecule has 0 saturated carbocycles. The number of aliphatic carboxylic acids is 1. The van der Waals surface area contributed by atoms with E-state index >= 15 is 0 Å². The lowest BCUT2D eigenvalue weighted by molar-refractivity contribution is -0.143. The monoisotopic (exact) mass is 546 g/mol. The lowest BCUT2D eigenvalue weighted by Crippen LogP contribution is -2.42. The van der Waals surface area contributed by atoms with E-state index in [0.29, 0.717) is 31.0 Å². The van der Waals surface area contributed by atoms with Gasteiger partial charge < -0.3 is 24.6 Å². The van der Waals surface area contributed by atoms with Gasteiger partial charge in [-0.3, -0.25) is 19.3 Å². The van der Waals surface area contributed by atoms with Gasteiger partial charge in [-0.15, -0.1) is 0 Å². The maximum absolute atomic E-state index is 13.7. The summed E-state index contributed by atoms with van der Waals surface area (Å²) in [6.45, 7) is 5.02. The number of Topliss-reactive ketones (excluding diaryl/α,β-unsaturated/α-hetero) is 1. The maximum atomic E-state index is 13.7. The number of ether oxygens (including phenoxy) is 2. The summed E-state index contributed by atoms with van der Waals surface area (Å²) in [5.41, 5.74) is 0.857. The van der Waals surface area contributed by atoms with E-state index < -0.39 is 11.9 Å². The van der Waals surface area contributed by atoms with E-state index in [0.717, 1.165) is 56.9 Å². The first-order valence-electron chi connectivity index (χ1n) is 14.5. The van der Waals surface area contributed by atoms with Crippen molar-refractivity contribution in [3.8, 4) is 11.5 Å². The Labute approximate surface area is 232 Å². The molecule has 2 aliphatic rings. The Morgan fingerprint density at radius 2 is 1.79 bits per heavy atom. The van der Waals surface area contributed by atoms with Crippen molar-refractivity contribution in [3.05, 3.63) is 23.8 Å². The number of aliphatic hydroxyl groups is 1. The number of hydrogen-bond donors (Lipinski definition) is 2. The summed E-state index contributed by atoms with van der Waals surface area (Å²) in [6.07, 6.45) is 7.80. The van der Waals surface area contributed by atoms with Crippen molar-refractivity contribution in [1.29, 1.82) is 0 Å². The molecule has 1 unspecified atom stereocenters. The predicted molar refractivity (Wildman–Crippen MR) is 148 cm³/mol. The summed E-state index contributed by atoms with van der Waals surface area (Å²) in [6, 6.07) is 5.20. The van der Waals surface area contributed by atoms with E-state index in [9.17, 15) is 19.5 Å². The van der Waals surface area contributed by atoms with E-state index in [1.165, 1.54) is 6.92 Å². The third kappa shape index (κ3) is 8.42. The number of aliphatic hydroxyl groups excluding tert-OH is 1. The SMILES string of the molecule is CCCCCC(CCCCCO)C(=O)CN1C[C@H](c2ccc3c(c2)OCO3)[C@@H](C(=O)O)[C@@H]1CCN(C)C(C)=O. The first-order chi connectivity index (χ1) is 18.8. The van der Waals surface area contributed by atoms with Crippen LogP contribution in [-0.4, -0.2) is 83.8 Å². The normalized spacial score (nSPS) is 21.2. The molecule has 0 aromatic heterocycles. The minimum Gasteiger partial charge on any atom is -0.481 e. The number of unbranched alkanes of at least 4 members (excludes halogenated alkanes) is 4. The molecule has 0 spiro atoms. The maximum Gasteiger partial charge on any atom is 0.308 e. The van der Waals surface area contributed by atoms with Crippen molar-refractivity contribution in [2.75, 3.05) is 40.1 Å². The molecule has 4 atom stereocenters. The highest BCUT2D eigenvalue weighted by molar-refractivity contribution is 5.83. The Morgan fingerprint density at radius 3 is 2.46 bits per heavy atom. The van der Waals surface area contributed by atoms with Crippen LogP contribution in [0.5, 0.6) is 11.5 Å². The van der Waals surface area contributed by atoms with Crippen LogP contribution in [0, 0.1) is 11.8 Å². The zero-order valence-electron chi connectivity index (χ0n) is 23.8. The molecule has 0 radical (unpaired) electrons. The average Bonchev–Trinajstić information content (AvgIpc) is 3.52. The number of fused-ring (bicyclic) bond motifs is 1. The molecule has 3 rings (SSSR count). The van der Waals surface area contributed by atoms with Gasteiger partial charge in [-0.1, -0.05) is 45.1 Å². The quantitative estimate of drug-likeness (QED) is 0.281. The number of benzene rings is 1.